The zero-order chi connectivity index (χ0) is 17.8. The summed E-state index contributed by atoms with van der Waals surface area (Å²) in [6.07, 6.45) is 4.78. The lowest BCUT2D eigenvalue weighted by Gasteiger charge is -2.32. The second kappa shape index (κ2) is 6.14. The normalized spacial score (nSPS) is 22.1. The molecule has 3 heterocycles. The van der Waals surface area contributed by atoms with Crippen LogP contribution in [0.3, 0.4) is 0 Å². The number of aryl methyl sites for hydroxylation is 3. The van der Waals surface area contributed by atoms with Gasteiger partial charge >= 0.3 is 0 Å². The maximum atomic E-state index is 6.41. The number of nitrogens with zero attached hydrogens (tertiary/aromatic N) is 2. The fourth-order valence-corrected chi connectivity index (χ4v) is 5.39. The number of likely N-dealkylation sites (N-methyl/N-ethyl adjacent to an activating group) is 1. The van der Waals surface area contributed by atoms with E-state index in [-0.39, 0.29) is 0 Å². The van der Waals surface area contributed by atoms with Gasteiger partial charge in [0.05, 0.1) is 0 Å². The third-order valence-electron chi connectivity index (χ3n) is 6.54. The molecule has 2 atom stereocenters. The van der Waals surface area contributed by atoms with Gasteiger partial charge in [-0.2, -0.15) is 0 Å². The monoisotopic (exact) mass is 364 g/mol. The van der Waals surface area contributed by atoms with Crippen LogP contribution in [-0.2, 0) is 19.4 Å². The van der Waals surface area contributed by atoms with Crippen LogP contribution >= 0.6 is 11.6 Å². The molecule has 0 N–H and O–H groups in total. The van der Waals surface area contributed by atoms with Crippen LogP contribution in [0.4, 0.5) is 0 Å². The molecule has 0 aliphatic carbocycles. The van der Waals surface area contributed by atoms with Crippen molar-refractivity contribution in [3.05, 3.63) is 69.9 Å². The average Bonchev–Trinajstić information content (AvgIpc) is 3.04. The van der Waals surface area contributed by atoms with E-state index in [4.69, 9.17) is 11.6 Å². The Labute approximate surface area is 160 Å². The van der Waals surface area contributed by atoms with E-state index in [1.54, 1.807) is 11.3 Å². The van der Waals surface area contributed by atoms with Crippen LogP contribution < -0.4 is 0 Å². The Hall–Kier alpha value is -1.77. The molecular weight excluding hydrogens is 340 g/mol. The quantitative estimate of drug-likeness (QED) is 0.592. The topological polar surface area (TPSA) is 8.17 Å². The molecule has 0 saturated carbocycles. The summed E-state index contributed by atoms with van der Waals surface area (Å²) < 4.78 is 2.59. The molecule has 3 heteroatoms. The van der Waals surface area contributed by atoms with Gasteiger partial charge in [-0.25, -0.2) is 0 Å². The molecule has 2 aliphatic heterocycles. The summed E-state index contributed by atoms with van der Waals surface area (Å²) in [4.78, 5) is 2.61. The van der Waals surface area contributed by atoms with E-state index < -0.39 is 0 Å². The van der Waals surface area contributed by atoms with E-state index in [1.165, 1.54) is 41.3 Å². The molecule has 1 fully saturated rings. The van der Waals surface area contributed by atoms with Crippen LogP contribution in [0, 0.1) is 6.92 Å². The van der Waals surface area contributed by atoms with E-state index in [1.807, 2.05) is 12.1 Å². The molecule has 2 aliphatic rings. The summed E-state index contributed by atoms with van der Waals surface area (Å²) in [6.45, 7) is 3.21. The molecule has 1 saturated heterocycles. The van der Waals surface area contributed by atoms with Crippen molar-refractivity contribution in [2.75, 3.05) is 7.05 Å². The minimum absolute atomic E-state index is 0.592. The average molecular weight is 365 g/mol. The Kier molecular flexibility index (Phi) is 3.88. The Bertz CT molecular complexity index is 987. The van der Waals surface area contributed by atoms with Crippen molar-refractivity contribution in [2.45, 2.75) is 51.2 Å². The van der Waals surface area contributed by atoms with Gasteiger partial charge in [-0.15, -0.1) is 0 Å². The van der Waals surface area contributed by atoms with Gasteiger partial charge in [-0.1, -0.05) is 41.4 Å². The lowest BCUT2D eigenvalue weighted by molar-refractivity contribution is 0.222. The van der Waals surface area contributed by atoms with Crippen molar-refractivity contribution in [1.29, 1.82) is 0 Å². The second-order valence-electron chi connectivity index (χ2n) is 7.99. The van der Waals surface area contributed by atoms with Crippen molar-refractivity contribution >= 4 is 22.5 Å². The van der Waals surface area contributed by atoms with Crippen molar-refractivity contribution in [3.63, 3.8) is 0 Å². The van der Waals surface area contributed by atoms with Crippen LogP contribution in [0.2, 0.25) is 5.02 Å². The lowest BCUT2D eigenvalue weighted by Crippen LogP contribution is -2.34. The Morgan fingerprint density at radius 1 is 1.12 bits per heavy atom. The van der Waals surface area contributed by atoms with Crippen LogP contribution in [0.1, 0.15) is 41.3 Å². The van der Waals surface area contributed by atoms with Gasteiger partial charge in [0.15, 0.2) is 0 Å². The van der Waals surface area contributed by atoms with E-state index >= 15 is 0 Å². The number of rotatable bonds is 3. The standard InChI is InChI=1S/C23H25ClN2/c1-15-7-9-20-18(13-15)23-21-10-8-17(25(21)2)14-22(23)26(20)12-11-16-5-3-4-6-19(16)24/h3-7,9,13,17,21H,8,10-12,14H2,1-2H3/t17-,21+/m0/s1. The Morgan fingerprint density at radius 2 is 1.96 bits per heavy atom. The first-order chi connectivity index (χ1) is 12.6. The molecule has 134 valence electrons. The first kappa shape index (κ1) is 16.4. The zero-order valence-corrected chi connectivity index (χ0v) is 16.3. The first-order valence-electron chi connectivity index (χ1n) is 9.70. The predicted molar refractivity (Wildman–Crippen MR) is 109 cm³/mol. The molecule has 0 unspecified atom stereocenters. The van der Waals surface area contributed by atoms with Gasteiger partial charge in [0.2, 0.25) is 0 Å². The van der Waals surface area contributed by atoms with Gasteiger partial charge in [-0.05, 0) is 62.6 Å². The third kappa shape index (κ3) is 2.43. The molecule has 2 nitrogen and oxygen atoms in total. The van der Waals surface area contributed by atoms with Crippen LogP contribution in [-0.4, -0.2) is 22.6 Å². The van der Waals surface area contributed by atoms with Crippen molar-refractivity contribution in [2.24, 2.45) is 0 Å². The Morgan fingerprint density at radius 3 is 2.81 bits per heavy atom. The van der Waals surface area contributed by atoms with Crippen LogP contribution in [0.15, 0.2) is 42.5 Å². The third-order valence-corrected chi connectivity index (χ3v) is 6.90. The maximum Gasteiger partial charge on any atom is 0.0486 e. The summed E-state index contributed by atoms with van der Waals surface area (Å²) in [5.74, 6) is 0. The van der Waals surface area contributed by atoms with E-state index in [0.29, 0.717) is 12.1 Å². The van der Waals surface area contributed by atoms with Gasteiger partial charge < -0.3 is 4.57 Å². The van der Waals surface area contributed by atoms with Gasteiger partial charge in [0, 0.05) is 46.7 Å². The SMILES string of the molecule is Cc1ccc2c(c1)c1c(n2CCc2ccccc2Cl)C[C@@H]2CC[C@H]1N2C. The highest BCUT2D eigenvalue weighted by Crippen LogP contribution is 2.47. The number of halogens is 1. The van der Waals surface area contributed by atoms with Crippen LogP contribution in [0.25, 0.3) is 10.9 Å². The molecule has 3 aromatic rings. The fourth-order valence-electron chi connectivity index (χ4n) is 5.16. The number of fused-ring (bicyclic) bond motifs is 6. The van der Waals surface area contributed by atoms with Crippen molar-refractivity contribution < 1.29 is 0 Å². The molecule has 5 rings (SSSR count). The molecular formula is C23H25ClN2. The Balaban J connectivity index is 1.62. The number of hydrogen-bond acceptors (Lipinski definition) is 1. The molecule has 0 spiro atoms. The minimum atomic E-state index is 0.592. The van der Waals surface area contributed by atoms with E-state index in [2.05, 4.69) is 53.8 Å². The van der Waals surface area contributed by atoms with Gasteiger partial charge in [0.1, 0.15) is 0 Å². The lowest BCUT2D eigenvalue weighted by atomic mass is 9.97. The van der Waals surface area contributed by atoms with E-state index in [9.17, 15) is 0 Å². The summed E-state index contributed by atoms with van der Waals surface area (Å²) in [5.41, 5.74) is 7.16. The minimum Gasteiger partial charge on any atom is -0.344 e. The van der Waals surface area contributed by atoms with Gasteiger partial charge in [0.25, 0.3) is 0 Å². The summed E-state index contributed by atoms with van der Waals surface area (Å²) in [5, 5.41) is 2.35. The number of benzene rings is 2. The summed E-state index contributed by atoms with van der Waals surface area (Å²) in [7, 11) is 2.31. The van der Waals surface area contributed by atoms with Crippen molar-refractivity contribution in [1.82, 2.24) is 9.47 Å². The second-order valence-corrected chi connectivity index (χ2v) is 8.40. The molecule has 2 aromatic carbocycles. The molecule has 26 heavy (non-hydrogen) atoms. The predicted octanol–water partition coefficient (Wildman–Crippen LogP) is 5.54. The molecule has 0 amide bonds. The highest BCUT2D eigenvalue weighted by atomic mass is 35.5. The first-order valence-corrected chi connectivity index (χ1v) is 10.1. The zero-order valence-electron chi connectivity index (χ0n) is 15.5. The maximum absolute atomic E-state index is 6.41. The number of hydrogen-bond donors (Lipinski definition) is 0. The molecule has 0 radical (unpaired) electrons. The largest absolute Gasteiger partial charge is 0.344 e. The smallest absolute Gasteiger partial charge is 0.0486 e. The van der Waals surface area contributed by atoms with Crippen LogP contribution in [0.5, 0.6) is 0 Å². The number of aromatic nitrogens is 1. The molecule has 2 bridgehead atoms. The van der Waals surface area contributed by atoms with Gasteiger partial charge in [-0.3, -0.25) is 4.90 Å². The molecule has 1 aromatic heterocycles. The van der Waals surface area contributed by atoms with Crippen molar-refractivity contribution in [3.8, 4) is 0 Å². The summed E-state index contributed by atoms with van der Waals surface area (Å²) in [6, 6.07) is 16.5. The highest BCUT2D eigenvalue weighted by Gasteiger charge is 2.40. The fraction of sp³-hybridized carbons (Fsp3) is 0.391. The summed E-state index contributed by atoms with van der Waals surface area (Å²) >= 11 is 6.41. The van der Waals surface area contributed by atoms with E-state index in [0.717, 1.165) is 18.0 Å². The highest BCUT2D eigenvalue weighted by molar-refractivity contribution is 6.31.